The second kappa shape index (κ2) is 68.8. The van der Waals surface area contributed by atoms with E-state index in [0.717, 1.165) is 108 Å². The first-order valence-electron chi connectivity index (χ1n) is 40.0. The third kappa shape index (κ3) is 70.5. The van der Waals surface area contributed by atoms with Gasteiger partial charge in [0.15, 0.2) is 12.2 Å². The third-order valence-corrected chi connectivity index (χ3v) is 19.9. The van der Waals surface area contributed by atoms with Crippen LogP contribution in [0.3, 0.4) is 0 Å². The smallest absolute Gasteiger partial charge is 0.462 e. The summed E-state index contributed by atoms with van der Waals surface area (Å²) in [6.45, 7) is 9.60. The van der Waals surface area contributed by atoms with Crippen LogP contribution in [0.25, 0.3) is 0 Å². The zero-order chi connectivity index (χ0) is 70.7. The molecule has 3 N–H and O–H groups in total. The molecule has 0 rings (SSSR count). The fraction of sp³-hybridized carbons (Fsp3) is 0.948. The predicted octanol–water partition coefficient (Wildman–Crippen LogP) is 22.7. The predicted molar refractivity (Wildman–Crippen MR) is 391 cm³/mol. The number of hydrogen-bond donors (Lipinski definition) is 3. The Morgan fingerprint density at radius 2 is 0.479 bits per heavy atom. The minimum absolute atomic E-state index is 0.106. The maximum Gasteiger partial charge on any atom is 0.472 e. The number of esters is 4. The Morgan fingerprint density at radius 3 is 0.708 bits per heavy atom. The van der Waals surface area contributed by atoms with E-state index < -0.39 is 97.5 Å². The molecule has 0 aromatic heterocycles. The van der Waals surface area contributed by atoms with Crippen LogP contribution >= 0.6 is 15.6 Å². The van der Waals surface area contributed by atoms with Crippen molar-refractivity contribution in [3.63, 3.8) is 0 Å². The summed E-state index contributed by atoms with van der Waals surface area (Å²) in [5.74, 6) is -0.554. The molecule has 0 spiro atoms. The summed E-state index contributed by atoms with van der Waals surface area (Å²) >= 11 is 0. The van der Waals surface area contributed by atoms with Crippen molar-refractivity contribution in [1.82, 2.24) is 0 Å². The molecular weight excluding hydrogens is 1260 g/mol. The number of phosphoric ester groups is 2. The van der Waals surface area contributed by atoms with Gasteiger partial charge in [0.1, 0.15) is 19.3 Å². The quantitative estimate of drug-likeness (QED) is 0.0222. The van der Waals surface area contributed by atoms with E-state index >= 15 is 0 Å². The van der Waals surface area contributed by atoms with Gasteiger partial charge in [0.25, 0.3) is 0 Å². The van der Waals surface area contributed by atoms with Gasteiger partial charge in [-0.25, -0.2) is 9.13 Å². The summed E-state index contributed by atoms with van der Waals surface area (Å²) in [5, 5.41) is 10.6. The highest BCUT2D eigenvalue weighted by molar-refractivity contribution is 7.47. The van der Waals surface area contributed by atoms with Gasteiger partial charge in [-0.3, -0.25) is 37.3 Å². The molecule has 0 aliphatic carbocycles. The first-order chi connectivity index (χ1) is 46.4. The largest absolute Gasteiger partial charge is 0.472 e. The van der Waals surface area contributed by atoms with Crippen LogP contribution in [0.4, 0.5) is 0 Å². The van der Waals surface area contributed by atoms with Crippen LogP contribution in [-0.2, 0) is 65.4 Å². The Hall–Kier alpha value is -1.94. The van der Waals surface area contributed by atoms with Gasteiger partial charge in [0.05, 0.1) is 26.4 Å². The molecule has 2 unspecified atom stereocenters. The average molecular weight is 1410 g/mol. The highest BCUT2D eigenvalue weighted by Gasteiger charge is 2.30. The minimum atomic E-state index is -4.96. The van der Waals surface area contributed by atoms with E-state index in [9.17, 15) is 43.2 Å². The Balaban J connectivity index is 5.21. The topological polar surface area (TPSA) is 237 Å². The summed E-state index contributed by atoms with van der Waals surface area (Å²) in [5.41, 5.74) is 0. The Morgan fingerprint density at radius 1 is 0.281 bits per heavy atom. The third-order valence-electron chi connectivity index (χ3n) is 18.0. The molecule has 0 fully saturated rings. The van der Waals surface area contributed by atoms with E-state index in [-0.39, 0.29) is 25.7 Å². The van der Waals surface area contributed by atoms with Crippen molar-refractivity contribution in [2.45, 2.75) is 419 Å². The lowest BCUT2D eigenvalue weighted by Crippen LogP contribution is -2.30. The van der Waals surface area contributed by atoms with E-state index in [4.69, 9.17) is 37.0 Å². The van der Waals surface area contributed by atoms with E-state index in [1.165, 1.54) is 212 Å². The number of rotatable bonds is 76. The Kier molecular flexibility index (Phi) is 67.4. The highest BCUT2D eigenvalue weighted by atomic mass is 31.2. The van der Waals surface area contributed by atoms with Gasteiger partial charge < -0.3 is 33.8 Å². The molecule has 96 heavy (non-hydrogen) atoms. The zero-order valence-corrected chi connectivity index (χ0v) is 64.5. The van der Waals surface area contributed by atoms with Crippen LogP contribution in [0.2, 0.25) is 0 Å². The van der Waals surface area contributed by atoms with Gasteiger partial charge in [0, 0.05) is 25.7 Å². The van der Waals surface area contributed by atoms with Crippen molar-refractivity contribution < 1.29 is 80.2 Å². The Bertz CT molecular complexity index is 1860. The summed E-state index contributed by atoms with van der Waals surface area (Å²) < 4.78 is 68.5. The molecule has 0 saturated heterocycles. The molecule has 19 heteroatoms. The highest BCUT2D eigenvalue weighted by Crippen LogP contribution is 2.45. The van der Waals surface area contributed by atoms with Crippen LogP contribution in [0, 0.1) is 11.8 Å². The average Bonchev–Trinajstić information content (AvgIpc) is 1.35. The Labute approximate surface area is 588 Å². The molecule has 570 valence electrons. The number of aliphatic hydroxyl groups is 1. The first-order valence-corrected chi connectivity index (χ1v) is 43.0. The van der Waals surface area contributed by atoms with Crippen LogP contribution in [0.15, 0.2) is 0 Å². The monoisotopic (exact) mass is 1410 g/mol. The normalized spacial score (nSPS) is 14.0. The number of phosphoric acid groups is 2. The van der Waals surface area contributed by atoms with E-state index in [0.29, 0.717) is 25.7 Å². The molecule has 0 saturated carbocycles. The molecule has 0 bridgehead atoms. The fourth-order valence-corrected chi connectivity index (χ4v) is 13.4. The molecule has 0 aliphatic rings. The molecule has 0 aliphatic heterocycles. The minimum Gasteiger partial charge on any atom is -0.462 e. The molecule has 0 radical (unpaired) electrons. The van der Waals surface area contributed by atoms with Crippen molar-refractivity contribution in [1.29, 1.82) is 0 Å². The summed E-state index contributed by atoms with van der Waals surface area (Å²) in [6, 6.07) is 0. The van der Waals surface area contributed by atoms with Gasteiger partial charge in [-0.15, -0.1) is 0 Å². The van der Waals surface area contributed by atoms with E-state index in [1.54, 1.807) is 0 Å². The first kappa shape index (κ1) is 94.1. The number of carbonyl (C=O) groups is 4. The van der Waals surface area contributed by atoms with Gasteiger partial charge in [0.2, 0.25) is 0 Å². The lowest BCUT2D eigenvalue weighted by atomic mass is 10.0. The van der Waals surface area contributed by atoms with Gasteiger partial charge in [-0.2, -0.15) is 0 Å². The summed E-state index contributed by atoms with van der Waals surface area (Å²) in [6.07, 6.45) is 56.9. The number of ether oxygens (including phenoxy) is 4. The lowest BCUT2D eigenvalue weighted by molar-refractivity contribution is -0.161. The summed E-state index contributed by atoms with van der Waals surface area (Å²) in [4.78, 5) is 72.8. The number of unbranched alkanes of at least 4 members (excludes halogenated alkanes) is 46. The molecule has 0 heterocycles. The zero-order valence-electron chi connectivity index (χ0n) is 62.7. The van der Waals surface area contributed by atoms with E-state index in [2.05, 4.69) is 41.5 Å². The van der Waals surface area contributed by atoms with Crippen molar-refractivity contribution >= 4 is 39.5 Å². The number of hydrogen-bond acceptors (Lipinski definition) is 15. The van der Waals surface area contributed by atoms with E-state index in [1.807, 2.05) is 0 Å². The standard InChI is InChI=1S/C77H150O17P2/c1-7-9-11-13-15-17-18-19-20-24-27-30-36-42-48-54-60-75(80)88-66-73(94-76(81)61-55-49-43-37-31-28-25-22-21-23-26-29-34-39-45-51-57-69(3)4)68-92-96(85,86)90-64-71(78)63-89-95(83,84)91-67-72(65-87-74(79)59-53-47-41-16-14-12-10-8-2)93-77(82)62-56-50-44-38-33-32-35-40-46-52-58-70(5)6/h69-73,78H,7-68H2,1-6H3,(H,83,84)(H,85,86)/t71-,72+,73+/m0/s1. The van der Waals surface area contributed by atoms with Crippen LogP contribution < -0.4 is 0 Å². The van der Waals surface area contributed by atoms with Crippen LogP contribution in [0.5, 0.6) is 0 Å². The second-order valence-corrected chi connectivity index (χ2v) is 31.6. The van der Waals surface area contributed by atoms with Crippen molar-refractivity contribution in [3.05, 3.63) is 0 Å². The molecule has 0 amide bonds. The summed E-state index contributed by atoms with van der Waals surface area (Å²) in [7, 11) is -9.91. The van der Waals surface area contributed by atoms with Crippen LogP contribution in [-0.4, -0.2) is 96.7 Å². The maximum absolute atomic E-state index is 13.1. The molecule has 5 atom stereocenters. The molecular formula is C77H150O17P2. The van der Waals surface area contributed by atoms with Crippen LogP contribution in [0.1, 0.15) is 401 Å². The van der Waals surface area contributed by atoms with Crippen molar-refractivity contribution in [3.8, 4) is 0 Å². The SMILES string of the molecule is CCCCCCCCCCCCCCCCCCC(=O)OC[C@H](COP(=O)(O)OC[C@@H](O)COP(=O)(O)OC[C@@H](COC(=O)CCCCCCCCCC)OC(=O)CCCCCCCCCCCCC(C)C)OC(=O)CCCCCCCCCCCCCCCCCCC(C)C. The van der Waals surface area contributed by atoms with Gasteiger partial charge >= 0.3 is 39.5 Å². The maximum atomic E-state index is 13.1. The number of aliphatic hydroxyl groups excluding tert-OH is 1. The number of carbonyl (C=O) groups excluding carboxylic acids is 4. The van der Waals surface area contributed by atoms with Gasteiger partial charge in [-0.1, -0.05) is 350 Å². The lowest BCUT2D eigenvalue weighted by Gasteiger charge is -2.21. The van der Waals surface area contributed by atoms with Crippen molar-refractivity contribution in [2.24, 2.45) is 11.8 Å². The fourth-order valence-electron chi connectivity index (χ4n) is 11.8. The molecule has 0 aromatic carbocycles. The second-order valence-electron chi connectivity index (χ2n) is 28.7. The molecule has 0 aromatic rings. The van der Waals surface area contributed by atoms with Crippen molar-refractivity contribution in [2.75, 3.05) is 39.6 Å². The molecule has 17 nitrogen and oxygen atoms in total. The van der Waals surface area contributed by atoms with Gasteiger partial charge in [-0.05, 0) is 37.5 Å².